The maximum atomic E-state index is 12.9. The maximum absolute atomic E-state index is 12.9. The van der Waals surface area contributed by atoms with E-state index < -0.39 is 0 Å². The van der Waals surface area contributed by atoms with Crippen molar-refractivity contribution in [3.63, 3.8) is 0 Å². The molecule has 1 heterocycles. The van der Waals surface area contributed by atoms with Gasteiger partial charge in [-0.25, -0.2) is 0 Å². The van der Waals surface area contributed by atoms with Gasteiger partial charge in [0.15, 0.2) is 11.5 Å². The molecule has 0 aliphatic carbocycles. The van der Waals surface area contributed by atoms with Crippen molar-refractivity contribution in [2.24, 2.45) is 5.92 Å². The number of esters is 1. The molecule has 0 aromatic heterocycles. The lowest BCUT2D eigenvalue weighted by molar-refractivity contribution is -0.143. The second-order valence-electron chi connectivity index (χ2n) is 8.01. The number of hydrogen-bond donors (Lipinski definition) is 0. The van der Waals surface area contributed by atoms with Crippen molar-refractivity contribution in [2.75, 3.05) is 26.9 Å². The summed E-state index contributed by atoms with van der Waals surface area (Å²) in [5, 5.41) is 0. The molecule has 33 heavy (non-hydrogen) atoms. The van der Waals surface area contributed by atoms with E-state index in [1.165, 1.54) is 11.8 Å². The van der Waals surface area contributed by atoms with E-state index in [0.29, 0.717) is 52.8 Å². The number of amides is 1. The summed E-state index contributed by atoms with van der Waals surface area (Å²) >= 11 is 10.3. The third-order valence-electron chi connectivity index (χ3n) is 4.93. The quantitative estimate of drug-likeness (QED) is 0.124. The number of halogens is 1. The number of nitrogens with zero attached hydrogens (tertiary/aromatic N) is 1. The molecule has 0 saturated carbocycles. The molecule has 0 unspecified atom stereocenters. The van der Waals surface area contributed by atoms with Gasteiger partial charge in [-0.15, -0.1) is 0 Å². The first-order chi connectivity index (χ1) is 15.8. The van der Waals surface area contributed by atoms with E-state index in [0.717, 1.165) is 35.7 Å². The van der Waals surface area contributed by atoms with Crippen molar-refractivity contribution in [3.8, 4) is 11.5 Å². The highest BCUT2D eigenvalue weighted by atomic mass is 79.9. The normalized spacial score (nSPS) is 15.0. The van der Waals surface area contributed by atoms with Gasteiger partial charge in [0.1, 0.15) is 4.32 Å². The molecular formula is C24H32BrNO5S2. The molecule has 1 aliphatic rings. The van der Waals surface area contributed by atoms with Crippen LogP contribution in [0.1, 0.15) is 58.4 Å². The lowest BCUT2D eigenvalue weighted by Gasteiger charge is -2.15. The number of thioether (sulfide) groups is 1. The van der Waals surface area contributed by atoms with E-state index in [9.17, 15) is 9.59 Å². The number of rotatable bonds is 13. The zero-order valence-electron chi connectivity index (χ0n) is 19.6. The molecule has 1 aliphatic heterocycles. The maximum Gasteiger partial charge on any atom is 0.305 e. The van der Waals surface area contributed by atoms with Gasteiger partial charge in [0.2, 0.25) is 0 Å². The minimum atomic E-state index is -0.177. The number of unbranched alkanes of at least 4 members (excludes halogenated alkanes) is 2. The Hall–Kier alpha value is -1.58. The van der Waals surface area contributed by atoms with Crippen molar-refractivity contribution in [3.05, 3.63) is 27.1 Å². The van der Waals surface area contributed by atoms with Crippen LogP contribution in [0.15, 0.2) is 21.5 Å². The second kappa shape index (κ2) is 14.0. The van der Waals surface area contributed by atoms with E-state index in [-0.39, 0.29) is 11.9 Å². The number of carbonyl (C=O) groups excluding carboxylic acids is 2. The zero-order valence-corrected chi connectivity index (χ0v) is 22.9. The standard InChI is InChI=1S/C24H32BrNO5S2/c1-5-30-21(27)9-7-6-8-11-26-23(28)20(33-24(26)32)15-17-13-18(25)22(19(14-17)29-4)31-12-10-16(2)3/h13-16H,5-12H2,1-4H3/b20-15+. The number of ether oxygens (including phenoxy) is 3. The van der Waals surface area contributed by atoms with Crippen molar-refractivity contribution in [1.29, 1.82) is 0 Å². The van der Waals surface area contributed by atoms with Crippen molar-refractivity contribution in [2.45, 2.75) is 52.9 Å². The number of thiocarbonyl (C=S) groups is 1. The summed E-state index contributed by atoms with van der Waals surface area (Å²) in [6.45, 7) is 7.64. The molecule has 1 aromatic rings. The largest absolute Gasteiger partial charge is 0.493 e. The predicted molar refractivity (Wildman–Crippen MR) is 141 cm³/mol. The van der Waals surface area contributed by atoms with Crippen molar-refractivity contribution < 1.29 is 23.8 Å². The Morgan fingerprint density at radius 3 is 2.70 bits per heavy atom. The van der Waals surface area contributed by atoms with Gasteiger partial charge in [-0.3, -0.25) is 14.5 Å². The molecular weight excluding hydrogens is 526 g/mol. The molecule has 1 aromatic carbocycles. The molecule has 0 radical (unpaired) electrons. The van der Waals surface area contributed by atoms with Gasteiger partial charge in [0.05, 0.1) is 29.7 Å². The lowest BCUT2D eigenvalue weighted by atomic mass is 10.1. The van der Waals surface area contributed by atoms with E-state index >= 15 is 0 Å². The summed E-state index contributed by atoms with van der Waals surface area (Å²) in [5.41, 5.74) is 0.824. The van der Waals surface area contributed by atoms with Gasteiger partial charge < -0.3 is 14.2 Å². The molecule has 1 fully saturated rings. The van der Waals surface area contributed by atoms with E-state index in [4.69, 9.17) is 26.4 Å². The van der Waals surface area contributed by atoms with Crippen LogP contribution >= 0.6 is 39.9 Å². The van der Waals surface area contributed by atoms with Crippen LogP contribution in [0.5, 0.6) is 11.5 Å². The number of hydrogen-bond acceptors (Lipinski definition) is 7. The van der Waals surface area contributed by atoms with Crippen LogP contribution in [0.25, 0.3) is 6.08 Å². The van der Waals surface area contributed by atoms with Gasteiger partial charge in [-0.2, -0.15) is 0 Å². The Morgan fingerprint density at radius 1 is 1.27 bits per heavy atom. The van der Waals surface area contributed by atoms with Crippen molar-refractivity contribution >= 4 is 62.2 Å². The molecule has 0 bridgehead atoms. The number of carbonyl (C=O) groups is 2. The van der Waals surface area contributed by atoms with E-state index in [1.807, 2.05) is 18.2 Å². The van der Waals surface area contributed by atoms with Crippen molar-refractivity contribution in [1.82, 2.24) is 4.90 Å². The minimum Gasteiger partial charge on any atom is -0.493 e. The van der Waals surface area contributed by atoms with Gasteiger partial charge in [0.25, 0.3) is 5.91 Å². The van der Waals surface area contributed by atoms with Gasteiger partial charge >= 0.3 is 5.97 Å². The van der Waals surface area contributed by atoms with Gasteiger partial charge in [-0.05, 0) is 71.8 Å². The van der Waals surface area contributed by atoms with Crippen LogP contribution in [0.2, 0.25) is 0 Å². The summed E-state index contributed by atoms with van der Waals surface area (Å²) in [4.78, 5) is 26.5. The zero-order chi connectivity index (χ0) is 24.4. The third-order valence-corrected chi connectivity index (χ3v) is 6.90. The molecule has 6 nitrogen and oxygen atoms in total. The van der Waals surface area contributed by atoms with Crippen LogP contribution in [-0.4, -0.2) is 48.0 Å². The van der Waals surface area contributed by atoms with Crippen LogP contribution < -0.4 is 9.47 Å². The molecule has 0 spiro atoms. The highest BCUT2D eigenvalue weighted by Crippen LogP contribution is 2.39. The Labute approximate surface area is 214 Å². The number of methoxy groups -OCH3 is 1. The smallest absolute Gasteiger partial charge is 0.305 e. The molecule has 1 saturated heterocycles. The summed E-state index contributed by atoms with van der Waals surface area (Å²) in [5.74, 6) is 1.54. The Kier molecular flexibility index (Phi) is 11.7. The minimum absolute atomic E-state index is 0.0947. The molecule has 182 valence electrons. The van der Waals surface area contributed by atoms with Gasteiger partial charge in [-0.1, -0.05) is 44.2 Å². The topological polar surface area (TPSA) is 65.1 Å². The molecule has 1 amide bonds. The average molecular weight is 559 g/mol. The Bertz CT molecular complexity index is 888. The summed E-state index contributed by atoms with van der Waals surface area (Å²) in [7, 11) is 1.60. The van der Waals surface area contributed by atoms with Gasteiger partial charge in [0, 0.05) is 13.0 Å². The van der Waals surface area contributed by atoms with Crippen LogP contribution in [0.3, 0.4) is 0 Å². The number of benzene rings is 1. The molecule has 9 heteroatoms. The fourth-order valence-electron chi connectivity index (χ4n) is 3.15. The highest BCUT2D eigenvalue weighted by Gasteiger charge is 2.31. The molecule has 0 N–H and O–H groups in total. The predicted octanol–water partition coefficient (Wildman–Crippen LogP) is 6.21. The lowest BCUT2D eigenvalue weighted by Crippen LogP contribution is -2.29. The fraction of sp³-hybridized carbons (Fsp3) is 0.542. The summed E-state index contributed by atoms with van der Waals surface area (Å²) in [6.07, 6.45) is 5.52. The van der Waals surface area contributed by atoms with E-state index in [2.05, 4.69) is 29.8 Å². The summed E-state index contributed by atoms with van der Waals surface area (Å²) < 4.78 is 17.7. The first kappa shape index (κ1) is 27.7. The second-order valence-corrected chi connectivity index (χ2v) is 10.5. The fourth-order valence-corrected chi connectivity index (χ4v) is 5.04. The first-order valence-electron chi connectivity index (χ1n) is 11.2. The highest BCUT2D eigenvalue weighted by molar-refractivity contribution is 9.10. The monoisotopic (exact) mass is 557 g/mol. The Balaban J connectivity index is 1.99. The van der Waals surface area contributed by atoms with Crippen LogP contribution in [0, 0.1) is 5.92 Å². The molecule has 2 rings (SSSR count). The Morgan fingerprint density at radius 2 is 2.03 bits per heavy atom. The summed E-state index contributed by atoms with van der Waals surface area (Å²) in [6, 6.07) is 3.77. The average Bonchev–Trinajstić information content (AvgIpc) is 3.01. The third kappa shape index (κ3) is 8.61. The van der Waals surface area contributed by atoms with Crippen LogP contribution in [0.4, 0.5) is 0 Å². The molecule has 0 atom stereocenters. The van der Waals surface area contributed by atoms with Crippen LogP contribution in [-0.2, 0) is 14.3 Å². The van der Waals surface area contributed by atoms with E-state index in [1.54, 1.807) is 18.9 Å². The SMILES string of the molecule is CCOC(=O)CCCCCN1C(=O)/C(=C\c2cc(Br)c(OCCC(C)C)c(OC)c2)SC1=S. The first-order valence-corrected chi connectivity index (χ1v) is 13.2.